The van der Waals surface area contributed by atoms with Gasteiger partial charge in [0.2, 0.25) is 0 Å². The van der Waals surface area contributed by atoms with Gasteiger partial charge >= 0.3 is 6.03 Å². The fourth-order valence-corrected chi connectivity index (χ4v) is 2.92. The molecule has 0 radical (unpaired) electrons. The van der Waals surface area contributed by atoms with E-state index in [0.29, 0.717) is 30.6 Å². The van der Waals surface area contributed by atoms with Crippen LogP contribution < -0.4 is 20.1 Å². The minimum absolute atomic E-state index is 0.0129. The number of carbonyl (C=O) groups excluding carboxylic acids is 1. The van der Waals surface area contributed by atoms with Gasteiger partial charge in [-0.1, -0.05) is 50.2 Å². The highest BCUT2D eigenvalue weighted by Crippen LogP contribution is 2.28. The third-order valence-corrected chi connectivity index (χ3v) is 4.20. The summed E-state index contributed by atoms with van der Waals surface area (Å²) in [5.74, 6) is 1.85. The molecule has 1 atom stereocenters. The monoisotopic (exact) mass is 370 g/mol. The van der Waals surface area contributed by atoms with Crippen LogP contribution in [0.1, 0.15) is 44.4 Å². The van der Waals surface area contributed by atoms with E-state index in [1.807, 2.05) is 55.5 Å². The summed E-state index contributed by atoms with van der Waals surface area (Å²) in [6, 6.07) is 15.5. The SMILES string of the molecule is CCOc1ccc(CNC(=O)NC(CC(C)C)c2ccccc2)cc1OC. The summed E-state index contributed by atoms with van der Waals surface area (Å²) < 4.78 is 10.9. The van der Waals surface area contributed by atoms with Crippen LogP contribution in [-0.4, -0.2) is 19.7 Å². The number of ether oxygens (including phenoxy) is 2. The molecule has 0 aliphatic rings. The van der Waals surface area contributed by atoms with E-state index in [1.165, 1.54) is 0 Å². The number of carbonyl (C=O) groups is 1. The lowest BCUT2D eigenvalue weighted by Crippen LogP contribution is -2.38. The molecular weight excluding hydrogens is 340 g/mol. The molecule has 0 saturated heterocycles. The molecule has 2 aromatic carbocycles. The predicted octanol–water partition coefficient (Wildman–Crippen LogP) is 4.68. The van der Waals surface area contributed by atoms with Crippen molar-refractivity contribution in [1.82, 2.24) is 10.6 Å². The predicted molar refractivity (Wildman–Crippen MR) is 108 cm³/mol. The summed E-state index contributed by atoms with van der Waals surface area (Å²) in [4.78, 5) is 12.4. The van der Waals surface area contributed by atoms with Gasteiger partial charge in [0.1, 0.15) is 0 Å². The van der Waals surface area contributed by atoms with Crippen molar-refractivity contribution in [3.8, 4) is 11.5 Å². The maximum Gasteiger partial charge on any atom is 0.315 e. The summed E-state index contributed by atoms with van der Waals surface area (Å²) in [6.45, 7) is 7.23. The molecule has 27 heavy (non-hydrogen) atoms. The van der Waals surface area contributed by atoms with Gasteiger partial charge in [-0.05, 0) is 42.5 Å². The Morgan fingerprint density at radius 3 is 2.44 bits per heavy atom. The first kappa shape index (κ1) is 20.6. The number of amides is 2. The maximum atomic E-state index is 12.4. The number of urea groups is 1. The van der Waals surface area contributed by atoms with Crippen molar-refractivity contribution in [2.75, 3.05) is 13.7 Å². The highest BCUT2D eigenvalue weighted by Gasteiger charge is 2.16. The smallest absolute Gasteiger partial charge is 0.315 e. The van der Waals surface area contributed by atoms with Crippen LogP contribution in [-0.2, 0) is 6.54 Å². The molecule has 2 aromatic rings. The summed E-state index contributed by atoms with van der Waals surface area (Å²) in [7, 11) is 1.61. The Labute approximate surface area is 162 Å². The first-order valence-electron chi connectivity index (χ1n) is 9.42. The third-order valence-electron chi connectivity index (χ3n) is 4.20. The molecule has 0 heterocycles. The third kappa shape index (κ3) is 6.51. The second-order valence-electron chi connectivity index (χ2n) is 6.84. The number of hydrogen-bond donors (Lipinski definition) is 2. The van der Waals surface area contributed by atoms with E-state index in [-0.39, 0.29) is 12.1 Å². The maximum absolute atomic E-state index is 12.4. The average molecular weight is 370 g/mol. The zero-order chi connectivity index (χ0) is 19.6. The van der Waals surface area contributed by atoms with Crippen molar-refractivity contribution in [2.24, 2.45) is 5.92 Å². The van der Waals surface area contributed by atoms with Crippen LogP contribution in [0.2, 0.25) is 0 Å². The molecule has 0 bridgehead atoms. The normalized spacial score (nSPS) is 11.7. The largest absolute Gasteiger partial charge is 0.493 e. The van der Waals surface area contributed by atoms with Gasteiger partial charge in [0.25, 0.3) is 0 Å². The molecule has 146 valence electrons. The number of methoxy groups -OCH3 is 1. The van der Waals surface area contributed by atoms with Crippen molar-refractivity contribution < 1.29 is 14.3 Å². The first-order chi connectivity index (χ1) is 13.0. The number of nitrogens with one attached hydrogen (secondary N) is 2. The van der Waals surface area contributed by atoms with Crippen LogP contribution in [0.3, 0.4) is 0 Å². The summed E-state index contributed by atoms with van der Waals surface area (Å²) in [5.41, 5.74) is 2.06. The van der Waals surface area contributed by atoms with E-state index in [2.05, 4.69) is 24.5 Å². The molecule has 5 nitrogen and oxygen atoms in total. The van der Waals surface area contributed by atoms with E-state index in [1.54, 1.807) is 7.11 Å². The zero-order valence-corrected chi connectivity index (χ0v) is 16.6. The van der Waals surface area contributed by atoms with Gasteiger partial charge in [-0.15, -0.1) is 0 Å². The Balaban J connectivity index is 1.97. The van der Waals surface area contributed by atoms with E-state index in [9.17, 15) is 4.79 Å². The lowest BCUT2D eigenvalue weighted by Gasteiger charge is -2.21. The molecule has 0 saturated carbocycles. The molecule has 5 heteroatoms. The summed E-state index contributed by atoms with van der Waals surface area (Å²) >= 11 is 0. The number of hydrogen-bond acceptors (Lipinski definition) is 3. The zero-order valence-electron chi connectivity index (χ0n) is 16.6. The van der Waals surface area contributed by atoms with Crippen LogP contribution >= 0.6 is 0 Å². The molecule has 0 fully saturated rings. The molecule has 0 aliphatic carbocycles. The Morgan fingerprint density at radius 1 is 1.07 bits per heavy atom. The van der Waals surface area contributed by atoms with Gasteiger partial charge in [0.15, 0.2) is 11.5 Å². The fraction of sp³-hybridized carbons (Fsp3) is 0.409. The second kappa shape index (κ2) is 10.5. The van der Waals surface area contributed by atoms with Gasteiger partial charge in [-0.25, -0.2) is 4.79 Å². The van der Waals surface area contributed by atoms with Gasteiger partial charge in [-0.2, -0.15) is 0 Å². The van der Waals surface area contributed by atoms with Crippen LogP contribution in [0.25, 0.3) is 0 Å². The Bertz CT molecular complexity index is 717. The lowest BCUT2D eigenvalue weighted by molar-refractivity contribution is 0.234. The molecular formula is C22H30N2O3. The molecule has 1 unspecified atom stereocenters. The fourth-order valence-electron chi connectivity index (χ4n) is 2.92. The van der Waals surface area contributed by atoms with Gasteiger partial charge in [-0.3, -0.25) is 0 Å². The number of benzene rings is 2. The molecule has 2 amide bonds. The Morgan fingerprint density at radius 2 is 1.81 bits per heavy atom. The van der Waals surface area contributed by atoms with Crippen molar-refractivity contribution in [3.63, 3.8) is 0 Å². The van der Waals surface area contributed by atoms with E-state index >= 15 is 0 Å². The first-order valence-corrected chi connectivity index (χ1v) is 9.42. The molecule has 0 aliphatic heterocycles. The van der Waals surface area contributed by atoms with Crippen LogP contribution in [0.4, 0.5) is 4.79 Å². The van der Waals surface area contributed by atoms with Crippen LogP contribution in [0.15, 0.2) is 48.5 Å². The minimum atomic E-state index is -0.183. The van der Waals surface area contributed by atoms with Gasteiger partial charge in [0.05, 0.1) is 19.8 Å². The second-order valence-corrected chi connectivity index (χ2v) is 6.84. The minimum Gasteiger partial charge on any atom is -0.493 e. The highest BCUT2D eigenvalue weighted by molar-refractivity contribution is 5.74. The van der Waals surface area contributed by atoms with Gasteiger partial charge < -0.3 is 20.1 Å². The highest BCUT2D eigenvalue weighted by atomic mass is 16.5. The molecule has 0 spiro atoms. The molecule has 0 aromatic heterocycles. The van der Waals surface area contributed by atoms with Gasteiger partial charge in [0, 0.05) is 6.54 Å². The standard InChI is InChI=1S/C22H30N2O3/c1-5-27-20-12-11-17(14-21(20)26-4)15-23-22(25)24-19(13-16(2)3)18-9-7-6-8-10-18/h6-12,14,16,19H,5,13,15H2,1-4H3,(H2,23,24,25). The van der Waals surface area contributed by atoms with Crippen LogP contribution in [0, 0.1) is 5.92 Å². The Kier molecular flexibility index (Phi) is 7.99. The number of rotatable bonds is 9. The van der Waals surface area contributed by atoms with Crippen LogP contribution in [0.5, 0.6) is 11.5 Å². The summed E-state index contributed by atoms with van der Waals surface area (Å²) in [6.07, 6.45) is 0.883. The van der Waals surface area contributed by atoms with E-state index in [0.717, 1.165) is 17.5 Å². The molecule has 2 N–H and O–H groups in total. The van der Waals surface area contributed by atoms with Crippen molar-refractivity contribution in [1.29, 1.82) is 0 Å². The average Bonchev–Trinajstić information content (AvgIpc) is 2.67. The van der Waals surface area contributed by atoms with E-state index in [4.69, 9.17) is 9.47 Å². The van der Waals surface area contributed by atoms with Crippen molar-refractivity contribution in [2.45, 2.75) is 39.8 Å². The molecule has 2 rings (SSSR count). The van der Waals surface area contributed by atoms with Crippen molar-refractivity contribution >= 4 is 6.03 Å². The lowest BCUT2D eigenvalue weighted by atomic mass is 9.97. The quantitative estimate of drug-likeness (QED) is 0.674. The van der Waals surface area contributed by atoms with E-state index < -0.39 is 0 Å². The topological polar surface area (TPSA) is 59.6 Å². The van der Waals surface area contributed by atoms with Crippen molar-refractivity contribution in [3.05, 3.63) is 59.7 Å². The summed E-state index contributed by atoms with van der Waals surface area (Å²) in [5, 5.41) is 6.02. The Hall–Kier alpha value is -2.69.